The van der Waals surface area contributed by atoms with Crippen LogP contribution in [0.3, 0.4) is 0 Å². The van der Waals surface area contributed by atoms with Crippen LogP contribution in [0.15, 0.2) is 64.8 Å². The molecule has 1 N–H and O–H groups in total. The van der Waals surface area contributed by atoms with E-state index in [-0.39, 0.29) is 16.5 Å². The molecular weight excluding hydrogens is 488 g/mol. The van der Waals surface area contributed by atoms with Gasteiger partial charge in [0.1, 0.15) is 17.2 Å². The van der Waals surface area contributed by atoms with Crippen molar-refractivity contribution in [2.75, 3.05) is 5.75 Å². The van der Waals surface area contributed by atoms with Gasteiger partial charge in [-0.25, -0.2) is 18.1 Å². The fourth-order valence-corrected chi connectivity index (χ4v) is 5.10. The molecule has 2 heterocycles. The average molecular weight is 516 g/mol. The lowest BCUT2D eigenvalue weighted by Gasteiger charge is -2.12. The lowest BCUT2D eigenvalue weighted by molar-refractivity contribution is 0.103. The predicted octanol–water partition coefficient (Wildman–Crippen LogP) is 8.04. The molecule has 1 unspecified atom stereocenters. The summed E-state index contributed by atoms with van der Waals surface area (Å²) in [6.07, 6.45) is 8.98. The fraction of sp³-hybridized carbons (Fsp3) is 0.259. The summed E-state index contributed by atoms with van der Waals surface area (Å²) in [5.41, 5.74) is 1.54. The number of H-pyrrole nitrogens is 1. The van der Waals surface area contributed by atoms with Crippen molar-refractivity contribution in [2.45, 2.75) is 39.4 Å². The van der Waals surface area contributed by atoms with Crippen LogP contribution in [0, 0.1) is 11.6 Å². The van der Waals surface area contributed by atoms with Gasteiger partial charge in [0.2, 0.25) is 5.78 Å². The molecule has 0 fully saturated rings. The molecule has 0 aliphatic carbocycles. The highest BCUT2D eigenvalue weighted by molar-refractivity contribution is 7.88. The molecule has 0 bridgehead atoms. The second-order valence-corrected chi connectivity index (χ2v) is 11.0. The normalized spacial score (nSPS) is 13.6. The Morgan fingerprint density at radius 1 is 1.31 bits per heavy atom. The van der Waals surface area contributed by atoms with Gasteiger partial charge in [-0.1, -0.05) is 61.8 Å². The number of carbonyl (C=O) groups excluding carboxylic acids is 1. The molecule has 2 aromatic heterocycles. The molecule has 3 rings (SSSR count). The van der Waals surface area contributed by atoms with Crippen LogP contribution in [-0.2, 0) is 10.7 Å². The van der Waals surface area contributed by atoms with Crippen molar-refractivity contribution >= 4 is 50.4 Å². The maximum atomic E-state index is 15.4. The van der Waals surface area contributed by atoms with Crippen molar-refractivity contribution in [3.05, 3.63) is 88.8 Å². The Labute approximate surface area is 211 Å². The Kier molecular flexibility index (Phi) is 8.92. The standard InChI is InChI=1S/C27H28ClF2N3OS/c1-6-12-35(16(3)4)33-23-11-10-22(29)24(25(23)30)26(34)21-15-32-27-20(21)13-18(14-31-27)17(5)8-9-19(28)7-2/h7-11,13-16H,2,6,12H2,1,3-5H3,(H,31,32)/b17-8+,19-9?. The van der Waals surface area contributed by atoms with Crippen LogP contribution in [0.1, 0.15) is 55.6 Å². The number of pyridine rings is 1. The van der Waals surface area contributed by atoms with Gasteiger partial charge in [0.25, 0.3) is 0 Å². The minimum Gasteiger partial charge on any atom is -0.345 e. The highest BCUT2D eigenvalue weighted by Crippen LogP contribution is 2.30. The number of nitrogens with one attached hydrogen (secondary N) is 1. The number of benzene rings is 1. The Hall–Kier alpha value is -2.90. The van der Waals surface area contributed by atoms with Gasteiger partial charge in [0, 0.05) is 39.4 Å². The number of rotatable bonds is 9. The van der Waals surface area contributed by atoms with E-state index in [9.17, 15) is 9.18 Å². The van der Waals surface area contributed by atoms with Crippen LogP contribution >= 0.6 is 11.6 Å². The number of hydrogen-bond donors (Lipinski definition) is 1. The highest BCUT2D eigenvalue weighted by Gasteiger charge is 2.25. The van der Waals surface area contributed by atoms with E-state index in [0.717, 1.165) is 29.4 Å². The number of halogens is 3. The largest absolute Gasteiger partial charge is 0.345 e. The molecule has 35 heavy (non-hydrogen) atoms. The number of carbonyl (C=O) groups is 1. The van der Waals surface area contributed by atoms with Gasteiger partial charge in [-0.15, -0.1) is 0 Å². The third-order valence-corrected chi connectivity index (χ3v) is 8.02. The van der Waals surface area contributed by atoms with E-state index in [0.29, 0.717) is 16.1 Å². The molecule has 0 saturated heterocycles. The minimum atomic E-state index is -0.942. The van der Waals surface area contributed by atoms with Gasteiger partial charge < -0.3 is 4.98 Å². The van der Waals surface area contributed by atoms with Crippen LogP contribution in [0.5, 0.6) is 0 Å². The maximum absolute atomic E-state index is 15.4. The van der Waals surface area contributed by atoms with Crippen molar-refractivity contribution in [1.82, 2.24) is 9.97 Å². The van der Waals surface area contributed by atoms with Gasteiger partial charge in [0.15, 0.2) is 5.82 Å². The first kappa shape index (κ1) is 26.7. The number of aromatic amines is 1. The summed E-state index contributed by atoms with van der Waals surface area (Å²) in [7, 11) is -0.431. The summed E-state index contributed by atoms with van der Waals surface area (Å²) < 4.78 is 34.8. The number of hydrogen-bond acceptors (Lipinski definition) is 3. The molecule has 1 aromatic carbocycles. The van der Waals surface area contributed by atoms with Crippen molar-refractivity contribution in [2.24, 2.45) is 4.36 Å². The summed E-state index contributed by atoms with van der Waals surface area (Å²) in [5, 5.41) is 1.16. The molecule has 184 valence electrons. The fourth-order valence-electron chi connectivity index (χ4n) is 3.45. The number of aromatic nitrogens is 2. The van der Waals surface area contributed by atoms with Crippen LogP contribution in [-0.4, -0.2) is 26.8 Å². The van der Waals surface area contributed by atoms with Crippen molar-refractivity contribution in [3.8, 4) is 0 Å². The lowest BCUT2D eigenvalue weighted by Crippen LogP contribution is -2.10. The summed E-state index contributed by atoms with van der Waals surface area (Å²) in [4.78, 5) is 20.7. The number of fused-ring (bicyclic) bond motifs is 1. The number of ketones is 1. The monoisotopic (exact) mass is 515 g/mol. The van der Waals surface area contributed by atoms with Crippen molar-refractivity contribution in [3.63, 3.8) is 0 Å². The molecule has 3 aromatic rings. The van der Waals surface area contributed by atoms with E-state index in [4.69, 9.17) is 11.6 Å². The smallest absolute Gasteiger partial charge is 0.201 e. The zero-order valence-corrected chi connectivity index (χ0v) is 21.7. The van der Waals surface area contributed by atoms with Gasteiger partial charge >= 0.3 is 0 Å². The van der Waals surface area contributed by atoms with Gasteiger partial charge in [-0.2, -0.15) is 0 Å². The summed E-state index contributed by atoms with van der Waals surface area (Å²) in [5.74, 6) is -1.83. The average Bonchev–Trinajstić information content (AvgIpc) is 3.26. The summed E-state index contributed by atoms with van der Waals surface area (Å²) in [6.45, 7) is 11.5. The number of nitrogens with zero attached hydrogens (tertiary/aromatic N) is 2. The van der Waals surface area contributed by atoms with Crippen LogP contribution in [0.4, 0.5) is 14.5 Å². The predicted molar refractivity (Wildman–Crippen MR) is 143 cm³/mol. The van der Waals surface area contributed by atoms with E-state index < -0.39 is 33.7 Å². The van der Waals surface area contributed by atoms with Crippen LogP contribution < -0.4 is 0 Å². The van der Waals surface area contributed by atoms with Gasteiger partial charge in [-0.05, 0) is 48.8 Å². The Bertz CT molecular complexity index is 1370. The molecule has 4 nitrogen and oxygen atoms in total. The first-order valence-electron chi connectivity index (χ1n) is 11.3. The van der Waals surface area contributed by atoms with Crippen molar-refractivity contribution in [1.29, 1.82) is 0 Å². The molecular formula is C27H28ClF2N3OS. The van der Waals surface area contributed by atoms with E-state index in [1.807, 2.05) is 27.7 Å². The molecule has 0 spiro atoms. The van der Waals surface area contributed by atoms with Gasteiger partial charge in [0.05, 0.1) is 5.56 Å². The van der Waals surface area contributed by atoms with E-state index in [2.05, 4.69) is 20.9 Å². The summed E-state index contributed by atoms with van der Waals surface area (Å²) in [6, 6.07) is 4.16. The Morgan fingerprint density at radius 2 is 2.06 bits per heavy atom. The highest BCUT2D eigenvalue weighted by atomic mass is 35.5. The topological polar surface area (TPSA) is 58.1 Å². The molecule has 1 atom stereocenters. The molecule has 0 amide bonds. The SMILES string of the molecule is C=CC(Cl)=C/C=C(\C)c1cnc2[nH]cc(C(=O)c3c(F)ccc(N=S(CCC)C(C)C)c3F)c2c1. The third kappa shape index (κ3) is 6.03. The second-order valence-electron chi connectivity index (χ2n) is 8.26. The molecule has 0 aliphatic rings. The zero-order chi connectivity index (χ0) is 25.7. The lowest BCUT2D eigenvalue weighted by atomic mass is 10.00. The minimum absolute atomic E-state index is 0.00329. The van der Waals surface area contributed by atoms with Crippen molar-refractivity contribution < 1.29 is 13.6 Å². The van der Waals surface area contributed by atoms with Crippen LogP contribution in [0.2, 0.25) is 0 Å². The quantitative estimate of drug-likeness (QED) is 0.231. The number of allylic oxidation sites excluding steroid dienone is 5. The second kappa shape index (κ2) is 11.7. The Morgan fingerprint density at radius 3 is 2.71 bits per heavy atom. The maximum Gasteiger partial charge on any atom is 0.201 e. The van der Waals surface area contributed by atoms with E-state index in [1.54, 1.807) is 24.4 Å². The Balaban J connectivity index is 2.09. The first-order valence-corrected chi connectivity index (χ1v) is 13.0. The van der Waals surface area contributed by atoms with E-state index in [1.165, 1.54) is 18.3 Å². The molecule has 8 heteroatoms. The summed E-state index contributed by atoms with van der Waals surface area (Å²) >= 11 is 5.97. The van der Waals surface area contributed by atoms with Gasteiger partial charge in [-0.3, -0.25) is 4.79 Å². The van der Waals surface area contributed by atoms with E-state index >= 15 is 4.39 Å². The molecule has 0 aliphatic heterocycles. The zero-order valence-electron chi connectivity index (χ0n) is 20.2. The molecule has 0 saturated carbocycles. The molecule has 0 radical (unpaired) electrons. The third-order valence-electron chi connectivity index (χ3n) is 5.39. The van der Waals surface area contributed by atoms with Crippen LogP contribution in [0.25, 0.3) is 16.6 Å². The first-order chi connectivity index (χ1) is 16.7.